The van der Waals surface area contributed by atoms with Crippen LogP contribution in [0.3, 0.4) is 0 Å². The highest BCUT2D eigenvalue weighted by molar-refractivity contribution is 7.92. The zero-order valence-corrected chi connectivity index (χ0v) is 18.9. The molecule has 1 amide bonds. The summed E-state index contributed by atoms with van der Waals surface area (Å²) in [5.74, 6) is 0.607. The molecule has 3 aromatic rings. The van der Waals surface area contributed by atoms with Crippen molar-refractivity contribution in [2.45, 2.75) is 30.2 Å². The van der Waals surface area contributed by atoms with Crippen LogP contribution >= 0.6 is 0 Å². The summed E-state index contributed by atoms with van der Waals surface area (Å²) in [6.07, 6.45) is 2.35. The van der Waals surface area contributed by atoms with Crippen LogP contribution in [0.2, 0.25) is 0 Å². The second-order valence-electron chi connectivity index (χ2n) is 8.09. The van der Waals surface area contributed by atoms with E-state index in [2.05, 4.69) is 10.0 Å². The molecule has 0 spiro atoms. The average molecular weight is 469 g/mol. The van der Waals surface area contributed by atoms with Crippen molar-refractivity contribution in [1.29, 1.82) is 0 Å². The maximum absolute atomic E-state index is 13.1. The van der Waals surface area contributed by atoms with Crippen molar-refractivity contribution in [3.63, 3.8) is 0 Å². The van der Waals surface area contributed by atoms with Crippen LogP contribution in [0.25, 0.3) is 0 Å². The van der Waals surface area contributed by atoms with Gasteiger partial charge in [0.05, 0.1) is 24.5 Å². The number of carbonyl (C=O) groups excluding carboxylic acids is 1. The fourth-order valence-corrected chi connectivity index (χ4v) is 4.70. The van der Waals surface area contributed by atoms with Gasteiger partial charge in [-0.15, -0.1) is 0 Å². The number of carbonyl (C=O) groups is 1. The topological polar surface area (TPSA) is 84.5 Å². The Hall–Kier alpha value is -3.39. The number of sulfonamides is 1. The van der Waals surface area contributed by atoms with Gasteiger partial charge in [0.15, 0.2) is 0 Å². The molecule has 1 aliphatic rings. The van der Waals surface area contributed by atoms with Crippen LogP contribution in [0, 0.1) is 11.7 Å². The van der Waals surface area contributed by atoms with E-state index in [-0.39, 0.29) is 23.3 Å². The zero-order chi connectivity index (χ0) is 23.4. The quantitative estimate of drug-likeness (QED) is 0.486. The highest BCUT2D eigenvalue weighted by atomic mass is 32.2. The molecule has 1 fully saturated rings. The largest absolute Gasteiger partial charge is 0.497 e. The number of benzene rings is 3. The molecular weight excluding hydrogens is 443 g/mol. The van der Waals surface area contributed by atoms with E-state index in [0.29, 0.717) is 11.6 Å². The SMILES string of the molecule is COc1ccc(C(NC(=O)Cc2ccc(NS(=O)(=O)c3ccc(F)cc3)cc2)C2CC2)cc1. The molecular formula is C25H25FN2O4S. The van der Waals surface area contributed by atoms with Crippen LogP contribution in [-0.2, 0) is 21.2 Å². The van der Waals surface area contributed by atoms with E-state index < -0.39 is 15.8 Å². The third kappa shape index (κ3) is 5.90. The number of hydrogen-bond acceptors (Lipinski definition) is 4. The van der Waals surface area contributed by atoms with Crippen LogP contribution in [0.4, 0.5) is 10.1 Å². The summed E-state index contributed by atoms with van der Waals surface area (Å²) in [5.41, 5.74) is 2.18. The van der Waals surface area contributed by atoms with E-state index in [4.69, 9.17) is 4.74 Å². The fraction of sp³-hybridized carbons (Fsp3) is 0.240. The lowest BCUT2D eigenvalue weighted by Gasteiger charge is -2.19. The molecule has 8 heteroatoms. The molecule has 0 radical (unpaired) electrons. The van der Waals surface area contributed by atoms with Crippen LogP contribution in [-0.4, -0.2) is 21.4 Å². The molecule has 3 aromatic carbocycles. The number of halogens is 1. The van der Waals surface area contributed by atoms with Gasteiger partial charge in [0.1, 0.15) is 11.6 Å². The number of amides is 1. The Morgan fingerprint density at radius 2 is 1.64 bits per heavy atom. The van der Waals surface area contributed by atoms with Gasteiger partial charge >= 0.3 is 0 Å². The standard InChI is InChI=1S/C25H25FN2O4S/c1-32-22-12-6-19(7-13-22)25(18-4-5-18)27-24(29)16-17-2-10-21(11-3-17)28-33(30,31)23-14-8-20(26)9-15-23/h2-3,6-15,18,25,28H,4-5,16H2,1H3,(H,27,29). The maximum atomic E-state index is 13.1. The minimum absolute atomic E-state index is 0.0306. The number of methoxy groups -OCH3 is 1. The van der Waals surface area contributed by atoms with E-state index in [1.165, 1.54) is 12.1 Å². The molecule has 0 aliphatic heterocycles. The van der Waals surface area contributed by atoms with Gasteiger partial charge in [-0.3, -0.25) is 9.52 Å². The van der Waals surface area contributed by atoms with Gasteiger partial charge in [0.2, 0.25) is 5.91 Å². The molecule has 1 aliphatic carbocycles. The third-order valence-electron chi connectivity index (χ3n) is 5.58. The van der Waals surface area contributed by atoms with Gasteiger partial charge in [-0.25, -0.2) is 12.8 Å². The van der Waals surface area contributed by atoms with Crippen molar-refractivity contribution in [1.82, 2.24) is 5.32 Å². The van der Waals surface area contributed by atoms with Crippen molar-refractivity contribution in [3.8, 4) is 5.75 Å². The molecule has 0 saturated heterocycles. The molecule has 6 nitrogen and oxygen atoms in total. The van der Waals surface area contributed by atoms with E-state index in [0.717, 1.165) is 41.9 Å². The molecule has 0 bridgehead atoms. The smallest absolute Gasteiger partial charge is 0.261 e. The van der Waals surface area contributed by atoms with Crippen LogP contribution in [0.1, 0.15) is 30.0 Å². The highest BCUT2D eigenvalue weighted by Gasteiger charge is 2.33. The minimum Gasteiger partial charge on any atom is -0.497 e. The van der Waals surface area contributed by atoms with Gasteiger partial charge in [-0.1, -0.05) is 24.3 Å². The molecule has 1 saturated carbocycles. The van der Waals surface area contributed by atoms with Crippen molar-refractivity contribution in [2.75, 3.05) is 11.8 Å². The predicted octanol–water partition coefficient (Wildman–Crippen LogP) is 4.45. The van der Waals surface area contributed by atoms with Gasteiger partial charge in [0.25, 0.3) is 10.0 Å². The Kier molecular flexibility index (Phi) is 6.65. The Morgan fingerprint density at radius 3 is 2.21 bits per heavy atom. The fourth-order valence-electron chi connectivity index (χ4n) is 3.64. The first kappa shape index (κ1) is 22.8. The molecule has 172 valence electrons. The van der Waals surface area contributed by atoms with Gasteiger partial charge in [0, 0.05) is 5.69 Å². The molecule has 4 rings (SSSR count). The number of anilines is 1. The lowest BCUT2D eigenvalue weighted by atomic mass is 10.0. The highest BCUT2D eigenvalue weighted by Crippen LogP contribution is 2.41. The third-order valence-corrected chi connectivity index (χ3v) is 6.98. The summed E-state index contributed by atoms with van der Waals surface area (Å²) in [4.78, 5) is 12.7. The first-order chi connectivity index (χ1) is 15.8. The maximum Gasteiger partial charge on any atom is 0.261 e. The normalized spacial score (nSPS) is 14.4. The molecule has 0 heterocycles. The van der Waals surface area contributed by atoms with Crippen LogP contribution < -0.4 is 14.8 Å². The minimum atomic E-state index is -3.83. The predicted molar refractivity (Wildman–Crippen MR) is 124 cm³/mol. The number of ether oxygens (including phenoxy) is 1. The number of nitrogens with one attached hydrogen (secondary N) is 2. The van der Waals surface area contributed by atoms with Gasteiger partial charge in [-0.05, 0) is 78.4 Å². The lowest BCUT2D eigenvalue weighted by molar-refractivity contribution is -0.121. The number of rotatable bonds is 9. The molecule has 1 unspecified atom stereocenters. The summed E-state index contributed by atoms with van der Waals surface area (Å²) in [7, 11) is -2.21. The van der Waals surface area contributed by atoms with Crippen molar-refractivity contribution >= 4 is 21.6 Å². The monoisotopic (exact) mass is 468 g/mol. The summed E-state index contributed by atoms with van der Waals surface area (Å²) < 4.78 is 45.6. The molecule has 2 N–H and O–H groups in total. The van der Waals surface area contributed by atoms with Crippen LogP contribution in [0.15, 0.2) is 77.7 Å². The van der Waals surface area contributed by atoms with Crippen molar-refractivity contribution in [2.24, 2.45) is 5.92 Å². The first-order valence-electron chi connectivity index (χ1n) is 10.6. The summed E-state index contributed by atoms with van der Waals surface area (Å²) >= 11 is 0. The van der Waals surface area contributed by atoms with Gasteiger partial charge < -0.3 is 10.1 Å². The Bertz CT molecular complexity index is 1210. The van der Waals surface area contributed by atoms with E-state index in [1.54, 1.807) is 31.4 Å². The van der Waals surface area contributed by atoms with E-state index in [9.17, 15) is 17.6 Å². The van der Waals surface area contributed by atoms with Crippen LogP contribution in [0.5, 0.6) is 5.75 Å². The van der Waals surface area contributed by atoms with Gasteiger partial charge in [-0.2, -0.15) is 0 Å². The lowest BCUT2D eigenvalue weighted by Crippen LogP contribution is -2.31. The second kappa shape index (κ2) is 9.62. The first-order valence-corrected chi connectivity index (χ1v) is 12.1. The summed E-state index contributed by atoms with van der Waals surface area (Å²) in [6.45, 7) is 0. The second-order valence-corrected chi connectivity index (χ2v) is 9.77. The molecule has 0 aromatic heterocycles. The molecule has 33 heavy (non-hydrogen) atoms. The Balaban J connectivity index is 1.37. The van der Waals surface area contributed by atoms with Crippen molar-refractivity contribution in [3.05, 3.63) is 89.7 Å². The molecule has 1 atom stereocenters. The van der Waals surface area contributed by atoms with Crippen molar-refractivity contribution < 1.29 is 22.3 Å². The summed E-state index contributed by atoms with van der Waals surface area (Å²) in [6, 6.07) is 18.9. The Morgan fingerprint density at radius 1 is 1.00 bits per heavy atom. The number of hydrogen-bond donors (Lipinski definition) is 2. The van der Waals surface area contributed by atoms with E-state index in [1.807, 2.05) is 24.3 Å². The zero-order valence-electron chi connectivity index (χ0n) is 18.1. The van der Waals surface area contributed by atoms with E-state index >= 15 is 0 Å². The summed E-state index contributed by atoms with van der Waals surface area (Å²) in [5, 5.41) is 3.14. The average Bonchev–Trinajstić information content (AvgIpc) is 3.64. The Labute approximate surface area is 192 Å².